The quantitative estimate of drug-likeness (QED) is 0.352. The van der Waals surface area contributed by atoms with Crippen molar-refractivity contribution in [2.45, 2.75) is 77.8 Å². The van der Waals surface area contributed by atoms with Crippen molar-refractivity contribution >= 4 is 5.97 Å². The minimum absolute atomic E-state index is 0.0129. The maximum absolute atomic E-state index is 11.7. The standard InChI is InChI=1S/C24H36O4/c1-4-6-9-17(3)22(25)13-12-20-21-15-18(14-19(21)16-23(20)26)10-7-8-11-24(27)28-5-2/h10,12-13,17,19-23,25-26H,5,7-9,11,14-16H2,1-3H3/b13-12+,18-10+/t17?,19-,20+,21-,22+,23+/m0/s1/i7D2,8D2,9D2. The normalized spacial score (nSPS) is 34.8. The number of carbonyl (C=O) groups excluding carboxylic acids is 1. The molecular formula is C24H36O4. The monoisotopic (exact) mass is 394 g/mol. The maximum Gasteiger partial charge on any atom is 0.305 e. The van der Waals surface area contributed by atoms with Crippen LogP contribution in [-0.2, 0) is 9.53 Å². The van der Waals surface area contributed by atoms with Crippen molar-refractivity contribution in [3.05, 3.63) is 23.8 Å². The predicted molar refractivity (Wildman–Crippen MR) is 111 cm³/mol. The van der Waals surface area contributed by atoms with Gasteiger partial charge in [-0.2, -0.15) is 0 Å². The van der Waals surface area contributed by atoms with Gasteiger partial charge in [0.15, 0.2) is 0 Å². The van der Waals surface area contributed by atoms with Gasteiger partial charge in [-0.05, 0) is 63.6 Å². The first-order chi connectivity index (χ1) is 15.6. The van der Waals surface area contributed by atoms with Crippen molar-refractivity contribution in [2.75, 3.05) is 6.61 Å². The van der Waals surface area contributed by atoms with Crippen LogP contribution >= 0.6 is 0 Å². The van der Waals surface area contributed by atoms with Crippen LogP contribution in [0.4, 0.5) is 0 Å². The zero-order valence-electron chi connectivity index (χ0n) is 22.9. The summed E-state index contributed by atoms with van der Waals surface area (Å²) in [6, 6.07) is 0. The molecule has 0 saturated heterocycles. The van der Waals surface area contributed by atoms with E-state index in [4.69, 9.17) is 13.0 Å². The topological polar surface area (TPSA) is 66.8 Å². The Morgan fingerprint density at radius 2 is 2.25 bits per heavy atom. The Kier molecular flexibility index (Phi) is 6.25. The number of ether oxygens (including phenoxy) is 1. The van der Waals surface area contributed by atoms with E-state index in [2.05, 4.69) is 11.8 Å². The third-order valence-electron chi connectivity index (χ3n) is 5.49. The van der Waals surface area contributed by atoms with Crippen LogP contribution in [0.3, 0.4) is 0 Å². The van der Waals surface area contributed by atoms with E-state index < -0.39 is 49.6 Å². The summed E-state index contributed by atoms with van der Waals surface area (Å²) in [6.07, 6.45) is -2.97. The van der Waals surface area contributed by atoms with Crippen LogP contribution in [0.2, 0.25) is 0 Å². The number of rotatable bonds is 9. The zero-order valence-corrected chi connectivity index (χ0v) is 16.9. The second-order valence-corrected chi connectivity index (χ2v) is 7.50. The molecule has 6 atom stereocenters. The summed E-state index contributed by atoms with van der Waals surface area (Å²) >= 11 is 0. The molecule has 0 aromatic rings. The van der Waals surface area contributed by atoms with Crippen molar-refractivity contribution in [1.29, 1.82) is 0 Å². The first-order valence-electron chi connectivity index (χ1n) is 13.0. The zero-order chi connectivity index (χ0) is 25.9. The first kappa shape index (κ1) is 15.3. The van der Waals surface area contributed by atoms with Gasteiger partial charge in [-0.15, -0.1) is 11.8 Å². The summed E-state index contributed by atoms with van der Waals surface area (Å²) in [5.41, 5.74) is 0.751. The van der Waals surface area contributed by atoms with Crippen LogP contribution in [-0.4, -0.2) is 35.0 Å². The summed E-state index contributed by atoms with van der Waals surface area (Å²) in [5, 5.41) is 21.0. The lowest BCUT2D eigenvalue weighted by Crippen LogP contribution is -2.19. The van der Waals surface area contributed by atoms with Gasteiger partial charge in [0, 0.05) is 26.9 Å². The Balaban J connectivity index is 2.12. The number of aliphatic hydroxyl groups excluding tert-OH is 2. The van der Waals surface area contributed by atoms with E-state index in [0.29, 0.717) is 19.3 Å². The maximum atomic E-state index is 11.7. The highest BCUT2D eigenvalue weighted by atomic mass is 16.5. The number of carbonyl (C=O) groups is 1. The van der Waals surface area contributed by atoms with Gasteiger partial charge in [-0.1, -0.05) is 30.7 Å². The van der Waals surface area contributed by atoms with E-state index in [1.54, 1.807) is 19.9 Å². The fourth-order valence-corrected chi connectivity index (χ4v) is 4.06. The Labute approximate surface area is 178 Å². The Morgan fingerprint density at radius 3 is 2.96 bits per heavy atom. The summed E-state index contributed by atoms with van der Waals surface area (Å²) < 4.78 is 53.4. The van der Waals surface area contributed by atoms with Crippen molar-refractivity contribution in [3.63, 3.8) is 0 Å². The molecule has 1 unspecified atom stereocenters. The second-order valence-electron chi connectivity index (χ2n) is 7.50. The molecule has 156 valence electrons. The summed E-state index contributed by atoms with van der Waals surface area (Å²) in [6.45, 7) is 4.83. The van der Waals surface area contributed by atoms with E-state index in [0.717, 1.165) is 5.57 Å². The highest BCUT2D eigenvalue weighted by molar-refractivity contribution is 5.69. The number of esters is 1. The third-order valence-corrected chi connectivity index (χ3v) is 5.49. The Morgan fingerprint density at radius 1 is 1.46 bits per heavy atom. The van der Waals surface area contributed by atoms with E-state index in [9.17, 15) is 15.0 Å². The van der Waals surface area contributed by atoms with E-state index in [-0.39, 0.29) is 24.4 Å². The molecular weight excluding hydrogens is 352 g/mol. The van der Waals surface area contributed by atoms with Crippen LogP contribution in [0.15, 0.2) is 23.8 Å². The molecule has 2 aliphatic rings. The predicted octanol–water partition coefficient (Wildman–Crippen LogP) is 4.02. The molecule has 2 aliphatic carbocycles. The van der Waals surface area contributed by atoms with E-state index in [1.807, 2.05) is 0 Å². The van der Waals surface area contributed by atoms with Gasteiger partial charge in [0.2, 0.25) is 0 Å². The fraction of sp³-hybridized carbons (Fsp3) is 0.708. The molecule has 0 spiro atoms. The lowest BCUT2D eigenvalue weighted by molar-refractivity contribution is -0.143. The highest BCUT2D eigenvalue weighted by Crippen LogP contribution is 2.50. The number of allylic oxidation sites excluding steroid dienone is 2. The van der Waals surface area contributed by atoms with Gasteiger partial charge in [-0.3, -0.25) is 4.79 Å². The summed E-state index contributed by atoms with van der Waals surface area (Å²) in [4.78, 5) is 11.7. The van der Waals surface area contributed by atoms with Gasteiger partial charge < -0.3 is 14.9 Å². The van der Waals surface area contributed by atoms with E-state index in [1.165, 1.54) is 19.1 Å². The molecule has 28 heavy (non-hydrogen) atoms. The van der Waals surface area contributed by atoms with Crippen molar-refractivity contribution in [2.24, 2.45) is 23.7 Å². The van der Waals surface area contributed by atoms with Crippen LogP contribution in [0.25, 0.3) is 0 Å². The molecule has 0 amide bonds. The smallest absolute Gasteiger partial charge is 0.305 e. The Hall–Kier alpha value is -1.57. The van der Waals surface area contributed by atoms with Gasteiger partial charge in [-0.25, -0.2) is 0 Å². The van der Waals surface area contributed by atoms with Crippen LogP contribution in [0.1, 0.15) is 73.8 Å². The number of aliphatic hydroxyl groups is 2. The summed E-state index contributed by atoms with van der Waals surface area (Å²) in [7, 11) is 0. The van der Waals surface area contributed by atoms with Crippen molar-refractivity contribution in [1.82, 2.24) is 0 Å². The van der Waals surface area contributed by atoms with Gasteiger partial charge in [0.25, 0.3) is 0 Å². The van der Waals surface area contributed by atoms with Crippen LogP contribution in [0, 0.1) is 35.5 Å². The number of hydrogen-bond acceptors (Lipinski definition) is 4. The van der Waals surface area contributed by atoms with Crippen LogP contribution in [0.5, 0.6) is 0 Å². The first-order valence-corrected chi connectivity index (χ1v) is 9.99. The molecule has 4 heteroatoms. The molecule has 0 aromatic carbocycles. The molecule has 2 rings (SSSR count). The summed E-state index contributed by atoms with van der Waals surface area (Å²) in [5.74, 6) is 3.31. The SMILES string of the molecule is [2H]C([2H])(C#CC)C(C)[C@H](O)/C=C/[C@@H]1[C@H]2C/C(=C/C([2H])([2H])C([2H])([2H])CC(=O)OCC)C[C@H]2C[C@H]1O. The van der Waals surface area contributed by atoms with Crippen molar-refractivity contribution < 1.29 is 28.0 Å². The van der Waals surface area contributed by atoms with Gasteiger partial charge in [0.05, 0.1) is 18.8 Å². The molecule has 0 aliphatic heterocycles. The average Bonchev–Trinajstić information content (AvgIpc) is 3.20. The average molecular weight is 395 g/mol. The third kappa shape index (κ3) is 6.50. The largest absolute Gasteiger partial charge is 0.466 e. The molecule has 0 aromatic heterocycles. The fourth-order valence-electron chi connectivity index (χ4n) is 4.06. The molecule has 2 N–H and O–H groups in total. The minimum Gasteiger partial charge on any atom is -0.466 e. The lowest BCUT2D eigenvalue weighted by atomic mass is 9.89. The molecule has 2 saturated carbocycles. The van der Waals surface area contributed by atoms with Crippen molar-refractivity contribution in [3.8, 4) is 11.8 Å². The Bertz CT molecular complexity index is 857. The molecule has 2 fully saturated rings. The molecule has 0 heterocycles. The number of fused-ring (bicyclic) bond motifs is 1. The highest BCUT2D eigenvalue weighted by Gasteiger charge is 2.44. The minimum atomic E-state index is -2.43. The van der Waals surface area contributed by atoms with Gasteiger partial charge in [0.1, 0.15) is 0 Å². The van der Waals surface area contributed by atoms with Gasteiger partial charge >= 0.3 is 5.97 Å². The molecule has 0 radical (unpaired) electrons. The van der Waals surface area contributed by atoms with E-state index >= 15 is 0 Å². The number of hydrogen-bond donors (Lipinski definition) is 2. The van der Waals surface area contributed by atoms with Crippen LogP contribution < -0.4 is 0 Å². The lowest BCUT2D eigenvalue weighted by Gasteiger charge is -2.19. The molecule has 4 nitrogen and oxygen atoms in total. The second kappa shape index (κ2) is 11.4. The molecule has 0 bridgehead atoms.